The molecule has 0 spiro atoms. The monoisotopic (exact) mass is 460 g/mol. The number of thioether (sulfide) groups is 2. The van der Waals surface area contributed by atoms with Gasteiger partial charge in [-0.1, -0.05) is 30.0 Å². The number of β-lactam (4-membered cyclic amide) rings is 1. The van der Waals surface area contributed by atoms with Crippen LogP contribution in [0.2, 0.25) is 0 Å². The first-order chi connectivity index (χ1) is 14.8. The molecule has 9 nitrogen and oxygen atoms in total. The summed E-state index contributed by atoms with van der Waals surface area (Å²) >= 11 is 2.71. The molecule has 2 aliphatic heterocycles. The third-order valence-corrected chi connectivity index (χ3v) is 7.21. The molecule has 2 amide bonds. The van der Waals surface area contributed by atoms with E-state index in [4.69, 9.17) is 10.2 Å². The topological polar surface area (TPSA) is 139 Å². The van der Waals surface area contributed by atoms with Gasteiger partial charge in [0.05, 0.1) is 12.1 Å². The number of nitrogens with zero attached hydrogens (tertiary/aromatic N) is 2. The summed E-state index contributed by atoms with van der Waals surface area (Å²) in [6.45, 7) is 1.80. The molecule has 0 bridgehead atoms. The number of benzene rings is 1. The summed E-state index contributed by atoms with van der Waals surface area (Å²) in [5.41, 5.74) is 8.38. The zero-order valence-electron chi connectivity index (χ0n) is 16.5. The number of fused-ring (bicyclic) bond motifs is 1. The summed E-state index contributed by atoms with van der Waals surface area (Å²) in [4.78, 5) is 42.5. The number of aliphatic carboxylic acids is 1. The van der Waals surface area contributed by atoms with Crippen molar-refractivity contribution in [2.24, 2.45) is 0 Å². The highest BCUT2D eigenvalue weighted by Gasteiger charge is 2.54. The van der Waals surface area contributed by atoms with Gasteiger partial charge in [-0.2, -0.15) is 0 Å². The maximum atomic E-state index is 12.7. The van der Waals surface area contributed by atoms with Gasteiger partial charge >= 0.3 is 5.97 Å². The number of carboxylic acid groups (broad SMARTS) is 1. The molecule has 1 aromatic carbocycles. The van der Waals surface area contributed by atoms with E-state index in [9.17, 15) is 19.5 Å². The van der Waals surface area contributed by atoms with Gasteiger partial charge in [-0.15, -0.1) is 11.8 Å². The van der Waals surface area contributed by atoms with Crippen molar-refractivity contribution < 1.29 is 23.9 Å². The van der Waals surface area contributed by atoms with E-state index in [0.717, 1.165) is 5.69 Å². The van der Waals surface area contributed by atoms with Gasteiger partial charge in [0.2, 0.25) is 5.91 Å². The van der Waals surface area contributed by atoms with Crippen LogP contribution >= 0.6 is 23.5 Å². The number of carbonyl (C=O) groups excluding carboxylic acids is 2. The number of nitrogen functional groups attached to an aromatic ring is 1. The van der Waals surface area contributed by atoms with Crippen LogP contribution in [-0.4, -0.2) is 55.7 Å². The molecule has 11 heteroatoms. The van der Waals surface area contributed by atoms with Crippen LogP contribution in [0.15, 0.2) is 51.4 Å². The van der Waals surface area contributed by atoms with E-state index in [1.807, 2.05) is 0 Å². The summed E-state index contributed by atoms with van der Waals surface area (Å²) in [7, 11) is 0. The van der Waals surface area contributed by atoms with Crippen molar-refractivity contribution >= 4 is 47.0 Å². The summed E-state index contributed by atoms with van der Waals surface area (Å²) in [5, 5.41) is 12.5. The van der Waals surface area contributed by atoms with Crippen molar-refractivity contribution in [3.63, 3.8) is 0 Å². The molecule has 2 aromatic rings. The summed E-state index contributed by atoms with van der Waals surface area (Å²) < 4.78 is 5.29. The first kappa shape index (κ1) is 21.3. The fourth-order valence-electron chi connectivity index (χ4n) is 3.43. The highest BCUT2D eigenvalue weighted by Crippen LogP contribution is 2.41. The number of para-hydroxylation sites is 1. The molecule has 2 aliphatic rings. The minimum atomic E-state index is -1.17. The molecular weight excluding hydrogens is 440 g/mol. The second-order valence-corrected chi connectivity index (χ2v) is 9.16. The number of carboxylic acids is 1. The first-order valence-corrected chi connectivity index (χ1v) is 11.5. The van der Waals surface area contributed by atoms with Crippen LogP contribution in [0.5, 0.6) is 0 Å². The molecule has 1 aromatic heterocycles. The zero-order valence-corrected chi connectivity index (χ0v) is 18.2. The minimum absolute atomic E-state index is 0.0256. The van der Waals surface area contributed by atoms with Crippen molar-refractivity contribution in [3.8, 4) is 0 Å². The number of hydrogen-bond donors (Lipinski definition) is 3. The lowest BCUT2D eigenvalue weighted by Gasteiger charge is -2.49. The van der Waals surface area contributed by atoms with Gasteiger partial charge in [0, 0.05) is 17.2 Å². The molecule has 0 aliphatic carbocycles. The van der Waals surface area contributed by atoms with Crippen LogP contribution in [0.3, 0.4) is 0 Å². The Morgan fingerprint density at radius 1 is 1.42 bits per heavy atom. The van der Waals surface area contributed by atoms with Crippen LogP contribution in [0, 0.1) is 6.92 Å². The summed E-state index contributed by atoms with van der Waals surface area (Å²) in [6, 6.07) is 6.26. The highest BCUT2D eigenvalue weighted by molar-refractivity contribution is 8.01. The Labute approximate surface area is 186 Å². The lowest BCUT2D eigenvalue weighted by molar-refractivity contribution is -0.150. The number of anilines is 1. The number of amides is 2. The Bertz CT molecular complexity index is 1080. The normalized spacial score (nSPS) is 20.3. The highest BCUT2D eigenvalue weighted by atomic mass is 32.2. The number of hydrogen-bond acceptors (Lipinski definition) is 8. The van der Waals surface area contributed by atoms with Crippen LogP contribution in [-0.2, 0) is 20.8 Å². The second kappa shape index (κ2) is 8.67. The smallest absolute Gasteiger partial charge is 0.352 e. The van der Waals surface area contributed by atoms with Gasteiger partial charge in [0.15, 0.2) is 0 Å². The minimum Gasteiger partial charge on any atom is -0.477 e. The van der Waals surface area contributed by atoms with E-state index >= 15 is 0 Å². The van der Waals surface area contributed by atoms with E-state index < -0.39 is 23.3 Å². The molecule has 0 radical (unpaired) electrons. The number of aromatic nitrogens is 1. The van der Waals surface area contributed by atoms with E-state index in [0.29, 0.717) is 33.6 Å². The molecule has 1 saturated heterocycles. The lowest BCUT2D eigenvalue weighted by atomic mass is 10.0. The molecule has 3 heterocycles. The average Bonchev–Trinajstić information content (AvgIpc) is 3.16. The van der Waals surface area contributed by atoms with Crippen LogP contribution < -0.4 is 11.1 Å². The fourth-order valence-corrected chi connectivity index (χ4v) is 5.77. The molecule has 0 saturated carbocycles. The van der Waals surface area contributed by atoms with Gasteiger partial charge < -0.3 is 20.6 Å². The largest absolute Gasteiger partial charge is 0.477 e. The summed E-state index contributed by atoms with van der Waals surface area (Å²) in [6.07, 6.45) is 1.57. The van der Waals surface area contributed by atoms with Crippen molar-refractivity contribution in [2.45, 2.75) is 30.0 Å². The molecular formula is C20H20N4O5S2. The standard InChI is InChI=1S/C20H20N4O5S2/c1-10-7-29-20(22-10)31-9-12-8-30-18-15(17(26)24(18)16(12)19(27)28)23-14(25)6-11-4-2-3-5-13(11)21/h2-5,7,15,18H,6,8-9,21H2,1H3,(H,23,25)(H,27,28)/t15?,18-/m1/s1. The third-order valence-electron chi connectivity index (χ3n) is 4.94. The number of oxazole rings is 1. The van der Waals surface area contributed by atoms with Gasteiger partial charge in [-0.25, -0.2) is 9.78 Å². The maximum Gasteiger partial charge on any atom is 0.352 e. The van der Waals surface area contributed by atoms with Crippen LogP contribution in [0.25, 0.3) is 0 Å². The Balaban J connectivity index is 1.43. The van der Waals surface area contributed by atoms with Gasteiger partial charge in [-0.3, -0.25) is 14.5 Å². The molecule has 4 rings (SSSR count). The van der Waals surface area contributed by atoms with E-state index in [1.165, 1.54) is 34.7 Å². The van der Waals surface area contributed by atoms with Gasteiger partial charge in [0.25, 0.3) is 11.1 Å². The maximum absolute atomic E-state index is 12.7. The molecule has 1 unspecified atom stereocenters. The number of nitrogens with one attached hydrogen (secondary N) is 1. The molecule has 1 fully saturated rings. The Morgan fingerprint density at radius 3 is 2.87 bits per heavy atom. The van der Waals surface area contributed by atoms with Crippen molar-refractivity contribution in [2.75, 3.05) is 17.2 Å². The second-order valence-electron chi connectivity index (χ2n) is 7.13. The summed E-state index contributed by atoms with van der Waals surface area (Å²) in [5.74, 6) is -1.16. The van der Waals surface area contributed by atoms with Crippen molar-refractivity contribution in [1.29, 1.82) is 0 Å². The number of rotatable bonds is 7. The van der Waals surface area contributed by atoms with Crippen LogP contribution in [0.1, 0.15) is 11.3 Å². The first-order valence-electron chi connectivity index (χ1n) is 9.43. The van der Waals surface area contributed by atoms with Crippen LogP contribution in [0.4, 0.5) is 5.69 Å². The van der Waals surface area contributed by atoms with Gasteiger partial charge in [0.1, 0.15) is 23.4 Å². The molecule has 31 heavy (non-hydrogen) atoms. The Kier molecular flexibility index (Phi) is 5.96. The third kappa shape index (κ3) is 4.28. The Hall–Kier alpha value is -2.92. The average molecular weight is 461 g/mol. The predicted molar refractivity (Wildman–Crippen MR) is 116 cm³/mol. The quantitative estimate of drug-likeness (QED) is 0.320. The molecule has 4 N–H and O–H groups in total. The zero-order chi connectivity index (χ0) is 22.1. The van der Waals surface area contributed by atoms with Crippen molar-refractivity contribution in [3.05, 3.63) is 53.1 Å². The molecule has 162 valence electrons. The number of carbonyl (C=O) groups is 3. The fraction of sp³-hybridized carbons (Fsp3) is 0.300. The number of aryl methyl sites for hydroxylation is 1. The van der Waals surface area contributed by atoms with Crippen molar-refractivity contribution in [1.82, 2.24) is 15.2 Å². The van der Waals surface area contributed by atoms with Gasteiger partial charge in [-0.05, 0) is 24.1 Å². The lowest BCUT2D eigenvalue weighted by Crippen LogP contribution is -2.70. The molecule has 2 atom stereocenters. The van der Waals surface area contributed by atoms with E-state index in [-0.39, 0.29) is 18.0 Å². The SMILES string of the molecule is Cc1coc(SCC2=C(C(=O)O)N3C(=O)C(NC(=O)Cc4ccccc4N)[C@H]3SC2)n1. The Morgan fingerprint density at radius 2 is 2.19 bits per heavy atom. The van der Waals surface area contributed by atoms with E-state index in [1.54, 1.807) is 31.2 Å². The predicted octanol–water partition coefficient (Wildman–Crippen LogP) is 1.64. The van der Waals surface area contributed by atoms with E-state index in [2.05, 4.69) is 10.3 Å². The number of nitrogens with two attached hydrogens (primary N) is 1.